The van der Waals surface area contributed by atoms with Crippen LogP contribution in [0.2, 0.25) is 0 Å². The number of halogens is 1. The van der Waals surface area contributed by atoms with Crippen molar-refractivity contribution >= 4 is 49.3 Å². The first-order valence-electron chi connectivity index (χ1n) is 10.5. The van der Waals surface area contributed by atoms with Crippen molar-refractivity contribution in [2.24, 2.45) is 5.41 Å². The maximum atomic E-state index is 13.0. The van der Waals surface area contributed by atoms with Gasteiger partial charge >= 0.3 is 0 Å². The van der Waals surface area contributed by atoms with E-state index in [2.05, 4.69) is 43.9 Å². The Balaban J connectivity index is 1.56. The van der Waals surface area contributed by atoms with Gasteiger partial charge in [-0.25, -0.2) is 9.97 Å². The van der Waals surface area contributed by atoms with E-state index in [9.17, 15) is 4.55 Å². The molecule has 0 amide bonds. The molecule has 2 heterocycles. The molecule has 166 valence electrons. The number of anilines is 2. The Morgan fingerprint density at radius 2 is 2.00 bits per heavy atom. The lowest BCUT2D eigenvalue weighted by molar-refractivity contribution is 0.176. The number of fused-ring (bicyclic) bond motifs is 1. The van der Waals surface area contributed by atoms with E-state index in [0.29, 0.717) is 11.5 Å². The van der Waals surface area contributed by atoms with Crippen LogP contribution in [0.1, 0.15) is 56.5 Å². The van der Waals surface area contributed by atoms with Gasteiger partial charge in [0.15, 0.2) is 5.82 Å². The van der Waals surface area contributed by atoms with Gasteiger partial charge in [0.05, 0.1) is 12.2 Å². The Hall–Kier alpha value is -1.43. The molecule has 1 aliphatic carbocycles. The summed E-state index contributed by atoms with van der Waals surface area (Å²) in [6.45, 7) is 7.70. The number of nitrogen functional groups attached to an aromatic ring is 1. The normalized spacial score (nSPS) is 21.2. The Morgan fingerprint density at radius 3 is 2.61 bits per heavy atom. The molecular weight excluding hydrogens is 523 g/mol. The second kappa shape index (κ2) is 8.49. The minimum atomic E-state index is -1.14. The molecule has 4 N–H and O–H groups in total. The lowest BCUT2D eigenvalue weighted by Gasteiger charge is -2.44. The number of aromatic nitrogens is 2. The molecule has 1 fully saturated rings. The molecule has 9 heteroatoms. The van der Waals surface area contributed by atoms with Gasteiger partial charge in [-0.15, -0.1) is 4.72 Å². The average Bonchev–Trinajstić information content (AvgIpc) is 3.00. The van der Waals surface area contributed by atoms with Gasteiger partial charge in [-0.3, -0.25) is 5.41 Å². The Bertz CT molecular complexity index is 986. The van der Waals surface area contributed by atoms with Gasteiger partial charge < -0.3 is 15.2 Å². The van der Waals surface area contributed by atoms with Gasteiger partial charge in [0.1, 0.15) is 20.0 Å². The highest BCUT2D eigenvalue weighted by Crippen LogP contribution is 2.52. The number of rotatable bonds is 4. The minimum Gasteiger partial charge on any atom is -0.598 e. The van der Waals surface area contributed by atoms with E-state index < -0.39 is 11.4 Å². The van der Waals surface area contributed by atoms with Crippen LogP contribution in [-0.2, 0) is 17.8 Å². The van der Waals surface area contributed by atoms with Gasteiger partial charge in [0, 0.05) is 29.9 Å². The van der Waals surface area contributed by atoms with Crippen LogP contribution in [0.3, 0.4) is 0 Å². The predicted molar refractivity (Wildman–Crippen MR) is 135 cm³/mol. The Kier molecular flexibility index (Phi) is 6.23. The third kappa shape index (κ3) is 4.42. The van der Waals surface area contributed by atoms with Crippen molar-refractivity contribution in [2.45, 2.75) is 50.8 Å². The van der Waals surface area contributed by atoms with Crippen molar-refractivity contribution in [3.63, 3.8) is 0 Å². The van der Waals surface area contributed by atoms with Crippen LogP contribution in [0.15, 0.2) is 30.5 Å². The van der Waals surface area contributed by atoms with E-state index in [1.807, 2.05) is 43.4 Å². The zero-order chi connectivity index (χ0) is 22.4. The van der Waals surface area contributed by atoms with Crippen LogP contribution in [0, 0.1) is 10.8 Å². The quantitative estimate of drug-likeness (QED) is 0.303. The molecule has 1 aromatic heterocycles. The van der Waals surface area contributed by atoms with Crippen LogP contribution in [-0.4, -0.2) is 36.1 Å². The molecule has 1 aromatic carbocycles. The van der Waals surface area contributed by atoms with Crippen molar-refractivity contribution in [3.05, 3.63) is 47.3 Å². The number of hydrogen-bond acceptors (Lipinski definition) is 7. The number of nitrogens with zero attached hydrogens (tertiary/aromatic N) is 3. The first-order chi connectivity index (χ1) is 14.6. The summed E-state index contributed by atoms with van der Waals surface area (Å²) in [5.41, 5.74) is 9.13. The molecule has 2 aliphatic rings. The third-order valence-electron chi connectivity index (χ3n) is 6.38. The average molecular weight is 552 g/mol. The fourth-order valence-corrected chi connectivity index (χ4v) is 5.98. The zero-order valence-corrected chi connectivity index (χ0v) is 21.1. The topological polar surface area (TPSA) is 114 Å². The van der Waals surface area contributed by atoms with E-state index in [-0.39, 0.29) is 19.9 Å². The van der Waals surface area contributed by atoms with E-state index >= 15 is 0 Å². The molecular formula is C22H29IN6OS. The number of piperidine rings is 1. The molecule has 2 aromatic rings. The van der Waals surface area contributed by atoms with Crippen molar-refractivity contribution in [1.82, 2.24) is 14.7 Å². The molecule has 0 bridgehead atoms. The maximum absolute atomic E-state index is 13.0. The van der Waals surface area contributed by atoms with E-state index in [0.717, 1.165) is 38.2 Å². The van der Waals surface area contributed by atoms with E-state index in [4.69, 9.17) is 11.1 Å². The summed E-state index contributed by atoms with van der Waals surface area (Å²) >= 11 is 0.754. The van der Waals surface area contributed by atoms with E-state index in [1.165, 1.54) is 11.1 Å². The molecule has 2 atom stereocenters. The Labute approximate surface area is 200 Å². The van der Waals surface area contributed by atoms with Gasteiger partial charge in [-0.1, -0.05) is 24.3 Å². The second-order valence-corrected chi connectivity index (χ2v) is 12.5. The highest BCUT2D eigenvalue weighted by molar-refractivity contribution is 14.1. The number of nitrogens with two attached hydrogens (primary N) is 1. The molecule has 0 radical (unpaired) electrons. The number of benzene rings is 1. The third-order valence-corrected chi connectivity index (χ3v) is 8.45. The standard InChI is InChI=1S/C22H29IN6OS/c1-21(2,3)31(30)28-18-15-7-5-4-6-14(15)12-22(18)8-10-29(11-9-22)16-13-26-17(19(23)24)20(25)27-16/h4-7,13,18,24,28H,8-12H2,1-3H3,(H2,25,27)/t18-,31?/m1/s1. The summed E-state index contributed by atoms with van der Waals surface area (Å²) in [7, 11) is 0. The highest BCUT2D eigenvalue weighted by Gasteiger charge is 2.50. The molecule has 1 unspecified atom stereocenters. The molecule has 4 rings (SSSR count). The Morgan fingerprint density at radius 1 is 1.32 bits per heavy atom. The fraction of sp³-hybridized carbons (Fsp3) is 0.500. The van der Waals surface area contributed by atoms with Crippen molar-refractivity contribution in [1.29, 1.82) is 5.41 Å². The lowest BCUT2D eigenvalue weighted by atomic mass is 9.73. The highest BCUT2D eigenvalue weighted by atomic mass is 127. The van der Waals surface area contributed by atoms with Crippen LogP contribution >= 0.6 is 22.6 Å². The van der Waals surface area contributed by atoms with Gasteiger partial charge in [0.25, 0.3) is 0 Å². The summed E-state index contributed by atoms with van der Waals surface area (Å²) in [6, 6.07) is 8.62. The summed E-state index contributed by atoms with van der Waals surface area (Å²) in [5, 5.41) is 7.74. The largest absolute Gasteiger partial charge is 0.598 e. The fourth-order valence-electron chi connectivity index (χ4n) is 4.62. The van der Waals surface area contributed by atoms with Crippen LogP contribution in [0.25, 0.3) is 0 Å². The summed E-state index contributed by atoms with van der Waals surface area (Å²) < 4.78 is 16.5. The molecule has 0 saturated carbocycles. The van der Waals surface area contributed by atoms with Crippen molar-refractivity contribution < 1.29 is 4.55 Å². The molecule has 1 saturated heterocycles. The van der Waals surface area contributed by atoms with Crippen LogP contribution in [0.5, 0.6) is 0 Å². The first-order valence-corrected chi connectivity index (χ1v) is 12.7. The minimum absolute atomic E-state index is 0.0321. The van der Waals surface area contributed by atoms with E-state index in [1.54, 1.807) is 6.20 Å². The second-order valence-electron chi connectivity index (χ2n) is 9.43. The van der Waals surface area contributed by atoms with Crippen molar-refractivity contribution in [2.75, 3.05) is 23.7 Å². The smallest absolute Gasteiger partial charge is 0.154 e. The number of nitrogens with one attached hydrogen (secondary N) is 2. The maximum Gasteiger partial charge on any atom is 0.154 e. The summed E-state index contributed by atoms with van der Waals surface area (Å²) in [4.78, 5) is 11.1. The van der Waals surface area contributed by atoms with Crippen molar-refractivity contribution in [3.8, 4) is 0 Å². The molecule has 7 nitrogen and oxygen atoms in total. The first kappa shape index (κ1) is 22.8. The van der Waals surface area contributed by atoms with Gasteiger partial charge in [-0.05, 0) is 73.8 Å². The van der Waals surface area contributed by atoms with Crippen LogP contribution < -0.4 is 15.4 Å². The van der Waals surface area contributed by atoms with Gasteiger partial charge in [0.2, 0.25) is 0 Å². The lowest BCUT2D eigenvalue weighted by Crippen LogP contribution is -2.49. The van der Waals surface area contributed by atoms with Gasteiger partial charge in [-0.2, -0.15) is 0 Å². The zero-order valence-electron chi connectivity index (χ0n) is 18.1. The molecule has 1 aliphatic heterocycles. The predicted octanol–water partition coefficient (Wildman–Crippen LogP) is 3.75. The summed E-state index contributed by atoms with van der Waals surface area (Å²) in [6.07, 6.45) is 4.64. The SMILES string of the molecule is CC(C)(C)[S+]([O-])N[C@@H]1c2ccccc2CC12CCN(c1cnc(C(=N)I)c(N)n1)CC2. The number of hydrogen-bond donors (Lipinski definition) is 3. The van der Waals surface area contributed by atoms with Crippen LogP contribution in [0.4, 0.5) is 11.6 Å². The summed E-state index contributed by atoms with van der Waals surface area (Å²) in [5.74, 6) is 1.05. The monoisotopic (exact) mass is 552 g/mol. The molecule has 31 heavy (non-hydrogen) atoms. The molecule has 1 spiro atoms.